The molecule has 28 heavy (non-hydrogen) atoms. The molecule has 0 saturated carbocycles. The molecule has 10 heteroatoms. The van der Waals surface area contributed by atoms with E-state index in [0.29, 0.717) is 5.75 Å². The monoisotopic (exact) mass is 407 g/mol. The van der Waals surface area contributed by atoms with E-state index in [0.717, 1.165) is 17.0 Å². The first kappa shape index (κ1) is 19.6. The molecule has 1 heterocycles. The number of ether oxygens (including phenoxy) is 1. The highest BCUT2D eigenvalue weighted by Crippen LogP contribution is 2.35. The maximum atomic E-state index is 13.3. The van der Waals surface area contributed by atoms with Gasteiger partial charge >= 0.3 is 6.03 Å². The molecule has 0 spiro atoms. The molecule has 0 aliphatic carbocycles. The Balaban J connectivity index is 1.97. The van der Waals surface area contributed by atoms with Crippen LogP contribution in [0.4, 0.5) is 14.9 Å². The fourth-order valence-electron chi connectivity index (χ4n) is 3.09. The largest absolute Gasteiger partial charge is 0.496 e. The summed E-state index contributed by atoms with van der Waals surface area (Å²) in [6.45, 7) is 1.21. The van der Waals surface area contributed by atoms with E-state index in [1.54, 1.807) is 0 Å². The van der Waals surface area contributed by atoms with Crippen LogP contribution in [-0.2, 0) is 16.9 Å². The molecule has 1 unspecified atom stereocenters. The van der Waals surface area contributed by atoms with Gasteiger partial charge in [-0.2, -0.15) is 0 Å². The average Bonchev–Trinajstić information content (AvgIpc) is 2.85. The highest BCUT2D eigenvalue weighted by Gasteiger charge is 2.50. The lowest BCUT2D eigenvalue weighted by atomic mass is 9.92. The number of methoxy groups -OCH3 is 1. The summed E-state index contributed by atoms with van der Waals surface area (Å²) in [5, 5.41) is 13.6. The van der Waals surface area contributed by atoms with Crippen LogP contribution < -0.4 is 10.1 Å². The Bertz CT molecular complexity index is 999. The molecule has 1 fully saturated rings. The number of nitro groups is 1. The number of carbonyl (C=O) groups is 2. The van der Waals surface area contributed by atoms with E-state index in [4.69, 9.17) is 16.3 Å². The van der Waals surface area contributed by atoms with Gasteiger partial charge in [0.05, 0.1) is 18.6 Å². The van der Waals surface area contributed by atoms with Gasteiger partial charge in [0.2, 0.25) is 0 Å². The molecule has 0 aromatic heterocycles. The van der Waals surface area contributed by atoms with Crippen molar-refractivity contribution in [2.75, 3.05) is 7.11 Å². The van der Waals surface area contributed by atoms with Crippen LogP contribution in [0.5, 0.6) is 5.75 Å². The van der Waals surface area contributed by atoms with Crippen molar-refractivity contribution in [1.29, 1.82) is 0 Å². The summed E-state index contributed by atoms with van der Waals surface area (Å²) < 4.78 is 18.5. The number of nitrogens with one attached hydrogen (secondary N) is 1. The van der Waals surface area contributed by atoms with E-state index < -0.39 is 28.2 Å². The molecule has 1 atom stereocenters. The van der Waals surface area contributed by atoms with E-state index in [1.807, 2.05) is 0 Å². The van der Waals surface area contributed by atoms with Crippen LogP contribution in [0.25, 0.3) is 0 Å². The van der Waals surface area contributed by atoms with Gasteiger partial charge in [-0.25, -0.2) is 9.18 Å². The Morgan fingerprint density at radius 1 is 1.29 bits per heavy atom. The summed E-state index contributed by atoms with van der Waals surface area (Å²) >= 11 is 6.07. The Hall–Kier alpha value is -3.20. The van der Waals surface area contributed by atoms with E-state index in [2.05, 4.69) is 5.32 Å². The van der Waals surface area contributed by atoms with Gasteiger partial charge in [-0.15, -0.1) is 0 Å². The second kappa shape index (κ2) is 7.08. The third-order valence-corrected chi connectivity index (χ3v) is 4.86. The van der Waals surface area contributed by atoms with Gasteiger partial charge in [-0.05, 0) is 25.1 Å². The number of amides is 3. The lowest BCUT2D eigenvalue weighted by molar-refractivity contribution is -0.384. The SMILES string of the molecule is COc1ccc([N+](=O)[O-])cc1CN1C(=O)NC(C)(c2ccc(F)cc2Cl)C1=O. The van der Waals surface area contributed by atoms with Crippen molar-refractivity contribution in [2.45, 2.75) is 19.0 Å². The summed E-state index contributed by atoms with van der Waals surface area (Å²) in [5.74, 6) is -0.911. The normalized spacial score (nSPS) is 18.9. The molecule has 1 N–H and O–H groups in total. The van der Waals surface area contributed by atoms with Crippen LogP contribution in [0.3, 0.4) is 0 Å². The number of halogens is 2. The molecule has 3 amide bonds. The lowest BCUT2D eigenvalue weighted by Crippen LogP contribution is -2.41. The minimum atomic E-state index is -1.50. The number of nitro benzene ring substituents is 1. The predicted octanol–water partition coefficient (Wildman–Crippen LogP) is 3.36. The molecule has 1 aliphatic heterocycles. The highest BCUT2D eigenvalue weighted by molar-refractivity contribution is 6.32. The van der Waals surface area contributed by atoms with E-state index in [9.17, 15) is 24.1 Å². The molecule has 0 bridgehead atoms. The second-order valence-electron chi connectivity index (χ2n) is 6.32. The van der Waals surface area contributed by atoms with Crippen molar-refractivity contribution >= 4 is 29.2 Å². The lowest BCUT2D eigenvalue weighted by Gasteiger charge is -2.23. The molecule has 1 aliphatic rings. The fraction of sp³-hybridized carbons (Fsp3) is 0.222. The maximum absolute atomic E-state index is 13.3. The summed E-state index contributed by atoms with van der Waals surface area (Å²) in [7, 11) is 1.37. The number of benzene rings is 2. The van der Waals surface area contributed by atoms with Crippen LogP contribution in [0.1, 0.15) is 18.1 Å². The van der Waals surface area contributed by atoms with Crippen molar-refractivity contribution in [3.05, 3.63) is 68.5 Å². The van der Waals surface area contributed by atoms with Gasteiger partial charge in [0.15, 0.2) is 0 Å². The summed E-state index contributed by atoms with van der Waals surface area (Å²) in [4.78, 5) is 36.8. The topological polar surface area (TPSA) is 102 Å². The van der Waals surface area contributed by atoms with Crippen LogP contribution in [-0.4, -0.2) is 28.9 Å². The molecule has 146 valence electrons. The molecule has 1 saturated heterocycles. The molecule has 2 aromatic carbocycles. The van der Waals surface area contributed by atoms with E-state index >= 15 is 0 Å². The first-order chi connectivity index (χ1) is 13.2. The predicted molar refractivity (Wildman–Crippen MR) is 97.5 cm³/mol. The van der Waals surface area contributed by atoms with Gasteiger partial charge in [-0.1, -0.05) is 17.7 Å². The van der Waals surface area contributed by atoms with Gasteiger partial charge < -0.3 is 10.1 Å². The van der Waals surface area contributed by atoms with E-state index in [1.165, 1.54) is 38.3 Å². The van der Waals surface area contributed by atoms with Crippen molar-refractivity contribution in [3.63, 3.8) is 0 Å². The summed E-state index contributed by atoms with van der Waals surface area (Å²) in [5.41, 5.74) is -1.18. The Kier molecular flexibility index (Phi) is 4.95. The molecule has 8 nitrogen and oxygen atoms in total. The number of hydrogen-bond donors (Lipinski definition) is 1. The quantitative estimate of drug-likeness (QED) is 0.465. The minimum absolute atomic E-state index is 0.00840. The fourth-order valence-corrected chi connectivity index (χ4v) is 3.45. The third kappa shape index (κ3) is 3.24. The summed E-state index contributed by atoms with van der Waals surface area (Å²) in [6, 6.07) is 6.69. The Morgan fingerprint density at radius 2 is 2.00 bits per heavy atom. The average molecular weight is 408 g/mol. The van der Waals surface area contributed by atoms with Crippen molar-refractivity contribution in [2.24, 2.45) is 0 Å². The van der Waals surface area contributed by atoms with Gasteiger partial charge in [0.25, 0.3) is 11.6 Å². The molecular weight excluding hydrogens is 393 g/mol. The second-order valence-corrected chi connectivity index (χ2v) is 6.73. The van der Waals surface area contributed by atoms with Crippen molar-refractivity contribution in [3.8, 4) is 5.75 Å². The van der Waals surface area contributed by atoms with Gasteiger partial charge in [0.1, 0.15) is 17.1 Å². The van der Waals surface area contributed by atoms with Crippen LogP contribution >= 0.6 is 11.6 Å². The van der Waals surface area contributed by atoms with Crippen LogP contribution in [0.2, 0.25) is 5.02 Å². The summed E-state index contributed by atoms with van der Waals surface area (Å²) in [6.07, 6.45) is 0. The van der Waals surface area contributed by atoms with Gasteiger partial charge in [0, 0.05) is 28.3 Å². The number of hydrogen-bond acceptors (Lipinski definition) is 5. The van der Waals surface area contributed by atoms with Crippen LogP contribution in [0.15, 0.2) is 36.4 Å². The number of nitrogens with zero attached hydrogens (tertiary/aromatic N) is 2. The minimum Gasteiger partial charge on any atom is -0.496 e. The maximum Gasteiger partial charge on any atom is 0.325 e. The van der Waals surface area contributed by atoms with E-state index in [-0.39, 0.29) is 28.4 Å². The molecule has 0 radical (unpaired) electrons. The number of carbonyl (C=O) groups excluding carboxylic acids is 2. The zero-order valence-electron chi connectivity index (χ0n) is 14.9. The van der Waals surface area contributed by atoms with Crippen molar-refractivity contribution in [1.82, 2.24) is 10.2 Å². The third-order valence-electron chi connectivity index (χ3n) is 4.55. The molecular formula is C18H15ClFN3O5. The Morgan fingerprint density at radius 3 is 2.61 bits per heavy atom. The Labute approximate surface area is 164 Å². The highest BCUT2D eigenvalue weighted by atomic mass is 35.5. The first-order valence-electron chi connectivity index (χ1n) is 8.08. The van der Waals surface area contributed by atoms with Gasteiger partial charge in [-0.3, -0.25) is 19.8 Å². The smallest absolute Gasteiger partial charge is 0.325 e. The standard InChI is InChI=1S/C18H15ClFN3O5/c1-18(13-5-3-11(20)8-14(13)19)16(24)22(17(25)21-18)9-10-7-12(23(26)27)4-6-15(10)28-2/h3-8H,9H2,1-2H3,(H,21,25). The number of rotatable bonds is 5. The zero-order valence-corrected chi connectivity index (χ0v) is 15.6. The number of urea groups is 1. The first-order valence-corrected chi connectivity index (χ1v) is 8.46. The molecule has 2 aromatic rings. The zero-order chi connectivity index (χ0) is 20.6. The number of non-ortho nitro benzene ring substituents is 1. The molecule has 3 rings (SSSR count). The van der Waals surface area contributed by atoms with Crippen LogP contribution in [0, 0.1) is 15.9 Å². The number of imide groups is 1. The van der Waals surface area contributed by atoms with Crippen molar-refractivity contribution < 1.29 is 23.6 Å².